The summed E-state index contributed by atoms with van der Waals surface area (Å²) in [6.07, 6.45) is 5.29. The van der Waals surface area contributed by atoms with E-state index in [-0.39, 0.29) is 23.8 Å². The van der Waals surface area contributed by atoms with Crippen LogP contribution >= 0.6 is 53.2 Å². The van der Waals surface area contributed by atoms with Crippen LogP contribution in [0.1, 0.15) is 52.6 Å². The topological polar surface area (TPSA) is 171 Å². The highest BCUT2D eigenvalue weighted by atomic mass is 128. The number of anilines is 1. The number of nitrogens with zero attached hydrogens (tertiary/aromatic N) is 1. The molecule has 2 bridgehead atoms. The Kier molecular flexibility index (Phi) is 6.31. The maximum absolute atomic E-state index is 13.4. The highest BCUT2D eigenvalue weighted by Gasteiger charge is 2.57. The van der Waals surface area contributed by atoms with Crippen LogP contribution in [-0.4, -0.2) is 35.8 Å². The number of aromatic nitrogens is 6. The molecule has 1 aromatic carbocycles. The lowest BCUT2D eigenvalue weighted by molar-refractivity contribution is -0.387. The van der Waals surface area contributed by atoms with E-state index in [4.69, 9.17) is 5.73 Å². The Morgan fingerprint density at radius 1 is 1.18 bits per heavy atom. The molecule has 0 radical (unpaired) electrons. The number of halogens is 3. The van der Waals surface area contributed by atoms with Crippen molar-refractivity contribution in [3.05, 3.63) is 74.3 Å². The zero-order valence-corrected chi connectivity index (χ0v) is 25.6. The molecule has 0 saturated carbocycles. The molecule has 8 N–H and O–H groups in total. The Morgan fingerprint density at radius 2 is 1.95 bits per heavy atom. The number of nitrogens with two attached hydrogens (primary N) is 1. The number of H-pyrrole nitrogens is 5. The number of imidazole rings is 1. The molecule has 194 valence electrons. The van der Waals surface area contributed by atoms with E-state index in [1.54, 1.807) is 18.6 Å². The van der Waals surface area contributed by atoms with Gasteiger partial charge in [0.15, 0.2) is 11.3 Å². The number of rotatable bonds is 2. The van der Waals surface area contributed by atoms with Gasteiger partial charge in [0.05, 0.1) is 17.6 Å². The molecule has 0 aliphatic heterocycles. The average molecular weight is 801 g/mol. The van der Waals surface area contributed by atoms with Gasteiger partial charge in [-0.2, -0.15) is 0 Å². The van der Waals surface area contributed by atoms with Crippen LogP contribution in [0.2, 0.25) is 0 Å². The van der Waals surface area contributed by atoms with Crippen molar-refractivity contribution >= 4 is 75.8 Å². The van der Waals surface area contributed by atoms with E-state index in [1.165, 1.54) is 0 Å². The molecule has 38 heavy (non-hydrogen) atoms. The van der Waals surface area contributed by atoms with Gasteiger partial charge in [-0.25, -0.2) is 15.0 Å². The first kappa shape index (κ1) is 25.8. The summed E-state index contributed by atoms with van der Waals surface area (Å²) < 4.78 is 0.934. The van der Waals surface area contributed by atoms with E-state index >= 15 is 0 Å². The summed E-state index contributed by atoms with van der Waals surface area (Å²) in [5, 5.41) is 12.3. The number of nitrogen functional groups attached to an aromatic ring is 1. The van der Waals surface area contributed by atoms with Crippen LogP contribution in [-0.2, 0) is 5.60 Å². The summed E-state index contributed by atoms with van der Waals surface area (Å²) in [5.41, 5.74) is 9.20. The predicted molar refractivity (Wildman–Crippen MR) is 163 cm³/mol. The minimum atomic E-state index is -1.70. The van der Waals surface area contributed by atoms with Gasteiger partial charge in [-0.05, 0) is 30.0 Å². The van der Waals surface area contributed by atoms with Gasteiger partial charge in [0.1, 0.15) is 11.4 Å². The fourth-order valence-electron chi connectivity index (χ4n) is 5.93. The molecule has 2 aliphatic carbocycles. The van der Waals surface area contributed by atoms with Gasteiger partial charge in [-0.3, -0.25) is 15.3 Å². The first-order chi connectivity index (χ1) is 18.3. The van der Waals surface area contributed by atoms with E-state index in [0.717, 1.165) is 20.9 Å². The minimum absolute atomic E-state index is 0.0558. The molecule has 3 unspecified atom stereocenters. The molecule has 5 aromatic rings. The van der Waals surface area contributed by atoms with E-state index in [2.05, 4.69) is 83.1 Å². The molecule has 0 amide bonds. The molecule has 0 fully saturated rings. The molecule has 7 rings (SSSR count). The maximum Gasteiger partial charge on any atom is 0.350 e. The third-order valence-corrected chi connectivity index (χ3v) is 8.15. The number of carbonyl (C=O) groups is 1. The fourth-order valence-corrected chi connectivity index (χ4v) is 6.29. The van der Waals surface area contributed by atoms with Gasteiger partial charge < -0.3 is 20.1 Å². The summed E-state index contributed by atoms with van der Waals surface area (Å²) in [6, 6.07) is 5.79. The molecular weight excluding hydrogens is 780 g/mol. The molecule has 4 heterocycles. The number of aromatic amines is 5. The van der Waals surface area contributed by atoms with E-state index < -0.39 is 11.4 Å². The number of carbonyl (C=O) groups excluding carboxylic acids is 1. The summed E-state index contributed by atoms with van der Waals surface area (Å²) >= 11 is 7.70. The van der Waals surface area contributed by atoms with Crippen molar-refractivity contribution in [2.75, 3.05) is 5.73 Å². The van der Waals surface area contributed by atoms with Crippen molar-refractivity contribution in [3.63, 3.8) is 0 Å². The zero-order valence-electron chi connectivity index (χ0n) is 19.7. The summed E-state index contributed by atoms with van der Waals surface area (Å²) in [5.74, 6) is -0.378. The van der Waals surface area contributed by atoms with Crippen LogP contribution in [0.4, 0.5) is 5.95 Å². The van der Waals surface area contributed by atoms with E-state index in [1.807, 2.05) is 25.1 Å². The Labute approximate surface area is 247 Å². The van der Waals surface area contributed by atoms with E-state index in [9.17, 15) is 14.7 Å². The number of ketones is 1. The van der Waals surface area contributed by atoms with Crippen LogP contribution < -0.4 is 16.3 Å². The molecule has 4 aromatic heterocycles. The molecule has 13 heteroatoms. The highest BCUT2D eigenvalue weighted by Crippen LogP contribution is 2.55. The lowest BCUT2D eigenvalue weighted by Crippen LogP contribution is -2.49. The monoisotopic (exact) mass is 800 g/mol. The SMILES string of the molecule is CC1c2[nH]c(N)[nH+]c2C2(O)CC1c1c(-c3cnc(-c4c[nH]c5cc(Br)ccc45)c(=O)[nH]3)c[nH]c1C2=O.II. The smallest absolute Gasteiger partial charge is 0.350 e. The third-order valence-electron chi connectivity index (χ3n) is 7.66. The fraction of sp³-hybridized carbons (Fsp3) is 0.200. The molecule has 0 spiro atoms. The summed E-state index contributed by atoms with van der Waals surface area (Å²) in [4.78, 5) is 46.4. The maximum atomic E-state index is 13.4. The number of nitrogens with one attached hydrogen (secondary N) is 5. The number of Topliss-reactive ketones (excluding diaryl/α,β-unsaturated/α-hetero) is 1. The quantitative estimate of drug-likeness (QED) is 0.140. The minimum Gasteiger partial charge on any atom is -0.374 e. The van der Waals surface area contributed by atoms with E-state index in [0.29, 0.717) is 45.5 Å². The zero-order chi connectivity index (χ0) is 26.9. The second kappa shape index (κ2) is 9.31. The Bertz CT molecular complexity index is 1810. The summed E-state index contributed by atoms with van der Waals surface area (Å²) in [6.45, 7) is 2.03. The first-order valence-corrected chi connectivity index (χ1v) is 18.7. The van der Waals surface area contributed by atoms with Crippen LogP contribution in [0.15, 0.2) is 46.1 Å². The number of fused-ring (bicyclic) bond motifs is 7. The van der Waals surface area contributed by atoms with Crippen molar-refractivity contribution in [1.29, 1.82) is 0 Å². The first-order valence-electron chi connectivity index (χ1n) is 11.7. The van der Waals surface area contributed by atoms with Crippen LogP contribution in [0.5, 0.6) is 0 Å². The van der Waals surface area contributed by atoms with Crippen LogP contribution in [0, 0.1) is 0 Å². The third kappa shape index (κ3) is 3.65. The Morgan fingerprint density at radius 3 is 2.71 bits per heavy atom. The lowest BCUT2D eigenvalue weighted by Gasteiger charge is -2.41. The number of benzene rings is 1. The lowest BCUT2D eigenvalue weighted by atomic mass is 9.63. The second-order valence-corrected chi connectivity index (χ2v) is 10.5. The normalized spacial score (nSPS) is 21.6. The van der Waals surface area contributed by atoms with Gasteiger partial charge in [0, 0.05) is 82.0 Å². The molecule has 10 nitrogen and oxygen atoms in total. The Hall–Kier alpha value is -2.50. The van der Waals surface area contributed by atoms with Crippen molar-refractivity contribution < 1.29 is 14.9 Å². The van der Waals surface area contributed by atoms with Gasteiger partial charge >= 0.3 is 5.95 Å². The van der Waals surface area contributed by atoms with Crippen LogP contribution in [0.3, 0.4) is 0 Å². The second-order valence-electron chi connectivity index (χ2n) is 9.60. The van der Waals surface area contributed by atoms with Crippen LogP contribution in [0.25, 0.3) is 33.4 Å². The molecule has 2 aliphatic rings. The van der Waals surface area contributed by atoms with Crippen molar-refractivity contribution in [2.24, 2.45) is 0 Å². The number of hydrogen-bond acceptors (Lipinski definition) is 5. The van der Waals surface area contributed by atoms with Gasteiger partial charge in [0.2, 0.25) is 5.78 Å². The Balaban J connectivity index is 0.00000129. The summed E-state index contributed by atoms with van der Waals surface area (Å²) in [7, 11) is 0. The largest absolute Gasteiger partial charge is 0.374 e. The molecule has 0 saturated heterocycles. The number of aliphatic hydroxyl groups is 1. The standard InChI is InChI=1S/C25H20BrN7O3.I2/c1-9-12-5-25(36,21-18(9)32-24(27)33-21)22(34)20-17(12)14(7-29-20)16-8-30-19(23(35)31-16)13-6-28-15-4-10(26)2-3-11(13)15;1-2/h2-4,6-9,12,28-29,36H,5H2,1H3,(H,31,35)(H3,27,32,33);/p+1. The average Bonchev–Trinajstić information content (AvgIpc) is 3.63. The van der Waals surface area contributed by atoms with Crippen molar-refractivity contribution in [1.82, 2.24) is 24.9 Å². The van der Waals surface area contributed by atoms with Gasteiger partial charge in [0.25, 0.3) is 5.56 Å². The van der Waals surface area contributed by atoms with Crippen molar-refractivity contribution in [3.8, 4) is 22.5 Å². The molecular formula is C25H21BrI2N7O3+. The van der Waals surface area contributed by atoms with Gasteiger partial charge in [-0.1, -0.05) is 28.9 Å². The molecule has 3 atom stereocenters. The van der Waals surface area contributed by atoms with Gasteiger partial charge in [-0.15, -0.1) is 0 Å². The predicted octanol–water partition coefficient (Wildman–Crippen LogP) is 4.85. The highest BCUT2D eigenvalue weighted by molar-refractivity contribution is 15.0. The van der Waals surface area contributed by atoms with Crippen molar-refractivity contribution in [2.45, 2.75) is 30.8 Å². The number of hydrogen-bond donors (Lipinski definition) is 6.